The Labute approximate surface area is 200 Å². The second-order valence-electron chi connectivity index (χ2n) is 9.99. The van der Waals surface area contributed by atoms with Crippen LogP contribution >= 0.6 is 0 Å². The van der Waals surface area contributed by atoms with Gasteiger partial charge in [0.15, 0.2) is 5.43 Å². The zero-order valence-corrected chi connectivity index (χ0v) is 20.5. The number of hydrogen-bond acceptors (Lipinski definition) is 4. The number of benzene rings is 1. The van der Waals surface area contributed by atoms with E-state index in [0.717, 1.165) is 23.6 Å². The van der Waals surface area contributed by atoms with E-state index in [2.05, 4.69) is 35.2 Å². The highest BCUT2D eigenvalue weighted by Gasteiger charge is 2.26. The van der Waals surface area contributed by atoms with Crippen LogP contribution in [-0.2, 0) is 17.7 Å². The molecule has 0 radical (unpaired) electrons. The highest BCUT2D eigenvalue weighted by atomic mass is 16.6. The molecule has 34 heavy (non-hydrogen) atoms. The first-order valence-electron chi connectivity index (χ1n) is 12.1. The molecule has 0 aliphatic carbocycles. The van der Waals surface area contributed by atoms with Crippen LogP contribution in [0.25, 0.3) is 16.8 Å². The zero-order valence-electron chi connectivity index (χ0n) is 20.5. The molecule has 0 atom stereocenters. The molecule has 180 valence electrons. The van der Waals surface area contributed by atoms with Crippen LogP contribution in [0, 0.1) is 5.92 Å². The van der Waals surface area contributed by atoms with Gasteiger partial charge in [0.05, 0.1) is 12.1 Å². The van der Waals surface area contributed by atoms with Gasteiger partial charge in [-0.1, -0.05) is 43.3 Å². The molecular formula is C28H34N2O4. The largest absolute Gasteiger partial charge is 0.463 e. The summed E-state index contributed by atoms with van der Waals surface area (Å²) in [5, 5.41) is 2.33. The third-order valence-electron chi connectivity index (χ3n) is 6.10. The fourth-order valence-corrected chi connectivity index (χ4v) is 4.36. The fourth-order valence-electron chi connectivity index (χ4n) is 4.36. The smallest absolute Gasteiger partial charge is 0.410 e. The molecular weight excluding hydrogens is 428 g/mol. The first kappa shape index (κ1) is 23.9. The zero-order chi connectivity index (χ0) is 24.3. The molecule has 1 aromatic carbocycles. The lowest BCUT2D eigenvalue weighted by molar-refractivity contribution is 0.0197. The second kappa shape index (κ2) is 9.92. The molecule has 1 saturated heterocycles. The number of fused-ring (bicyclic) bond motifs is 1. The lowest BCUT2D eigenvalue weighted by atomic mass is 9.95. The first-order chi connectivity index (χ1) is 16.2. The number of allylic oxidation sites excluding steroid dienone is 1. The molecule has 0 N–H and O–H groups in total. The van der Waals surface area contributed by atoms with Crippen molar-refractivity contribution < 1.29 is 13.9 Å². The van der Waals surface area contributed by atoms with E-state index < -0.39 is 5.60 Å². The summed E-state index contributed by atoms with van der Waals surface area (Å²) in [6.45, 7) is 9.47. The Balaban J connectivity index is 1.42. The van der Waals surface area contributed by atoms with Crippen LogP contribution in [0.2, 0.25) is 0 Å². The molecule has 0 unspecified atom stereocenters. The number of ether oxygens (including phenoxy) is 1. The molecule has 1 amide bonds. The Morgan fingerprint density at radius 2 is 1.79 bits per heavy atom. The number of carbonyl (C=O) groups is 1. The van der Waals surface area contributed by atoms with Crippen molar-refractivity contribution in [3.8, 4) is 0 Å². The molecule has 3 aromatic rings. The molecule has 1 aliphatic rings. The first-order valence-corrected chi connectivity index (χ1v) is 12.1. The lowest BCUT2D eigenvalue weighted by Gasteiger charge is -2.32. The maximum atomic E-state index is 12.9. The van der Waals surface area contributed by atoms with Crippen molar-refractivity contribution in [2.24, 2.45) is 5.92 Å². The highest BCUT2D eigenvalue weighted by Crippen LogP contribution is 2.22. The Bertz CT molecular complexity index is 1200. The monoisotopic (exact) mass is 462 g/mol. The predicted molar refractivity (Wildman–Crippen MR) is 135 cm³/mol. The highest BCUT2D eigenvalue weighted by molar-refractivity contribution is 5.82. The molecule has 6 heteroatoms. The summed E-state index contributed by atoms with van der Waals surface area (Å²) in [4.78, 5) is 27.0. The van der Waals surface area contributed by atoms with Gasteiger partial charge in [-0.15, -0.1) is 0 Å². The van der Waals surface area contributed by atoms with Crippen molar-refractivity contribution in [1.29, 1.82) is 0 Å². The Hall–Kier alpha value is -3.28. The SMILES string of the molecule is CCc1oc(Cn2cc3ccccc3c2)cc(=O)c1/C=C/C1CCN(C(=O)OC(C)(C)C)CC1. The number of carbonyl (C=O) groups excluding carboxylic acids is 1. The van der Waals surface area contributed by atoms with Gasteiger partial charge < -0.3 is 18.6 Å². The van der Waals surface area contributed by atoms with Gasteiger partial charge in [-0.3, -0.25) is 4.79 Å². The molecule has 4 rings (SSSR count). The van der Waals surface area contributed by atoms with Crippen molar-refractivity contribution in [3.05, 3.63) is 76.1 Å². The van der Waals surface area contributed by atoms with Gasteiger partial charge in [0.2, 0.25) is 0 Å². The topological polar surface area (TPSA) is 64.7 Å². The number of nitrogens with zero attached hydrogens (tertiary/aromatic N) is 2. The number of aryl methyl sites for hydroxylation is 1. The minimum absolute atomic E-state index is 0.0164. The molecule has 0 spiro atoms. The summed E-state index contributed by atoms with van der Waals surface area (Å²) < 4.78 is 13.7. The van der Waals surface area contributed by atoms with Gasteiger partial charge in [-0.05, 0) is 50.3 Å². The lowest BCUT2D eigenvalue weighted by Crippen LogP contribution is -2.41. The molecule has 2 aromatic heterocycles. The minimum atomic E-state index is -0.487. The normalized spacial score (nSPS) is 15.4. The molecule has 0 saturated carbocycles. The molecule has 1 aliphatic heterocycles. The number of amides is 1. The number of aromatic nitrogens is 1. The van der Waals surface area contributed by atoms with Gasteiger partial charge in [0.25, 0.3) is 0 Å². The van der Waals surface area contributed by atoms with Gasteiger partial charge >= 0.3 is 6.09 Å². The summed E-state index contributed by atoms with van der Waals surface area (Å²) in [5.41, 5.74) is 0.120. The number of hydrogen-bond donors (Lipinski definition) is 0. The average Bonchev–Trinajstić information content (AvgIpc) is 3.19. The van der Waals surface area contributed by atoms with Crippen molar-refractivity contribution in [3.63, 3.8) is 0 Å². The summed E-state index contributed by atoms with van der Waals surface area (Å²) in [7, 11) is 0. The molecule has 0 bridgehead atoms. The summed E-state index contributed by atoms with van der Waals surface area (Å²) in [5.74, 6) is 1.68. The second-order valence-corrected chi connectivity index (χ2v) is 9.99. The summed E-state index contributed by atoms with van der Waals surface area (Å²) in [6.07, 6.45) is 10.2. The fraction of sp³-hybridized carbons (Fsp3) is 0.429. The van der Waals surface area contributed by atoms with Crippen LogP contribution in [0.1, 0.15) is 57.6 Å². The average molecular weight is 463 g/mol. The Morgan fingerprint density at radius 1 is 1.15 bits per heavy atom. The van der Waals surface area contributed by atoms with E-state index in [4.69, 9.17) is 9.15 Å². The van der Waals surface area contributed by atoms with Crippen LogP contribution in [0.3, 0.4) is 0 Å². The standard InChI is InChI=1S/C28H34N2O4/c1-5-26-24(11-10-20-12-14-30(15-13-20)27(32)34-28(2,3)4)25(31)16-23(33-26)19-29-17-21-8-6-7-9-22(21)18-29/h6-11,16-18,20H,5,12-15,19H2,1-4H3/b11-10+. The van der Waals surface area contributed by atoms with Gasteiger partial charge in [0, 0.05) is 38.0 Å². The van der Waals surface area contributed by atoms with E-state index in [-0.39, 0.29) is 11.5 Å². The Morgan fingerprint density at radius 3 is 2.38 bits per heavy atom. The molecule has 6 nitrogen and oxygen atoms in total. The maximum absolute atomic E-state index is 12.9. The van der Waals surface area contributed by atoms with E-state index in [0.29, 0.717) is 49.1 Å². The predicted octanol–water partition coefficient (Wildman–Crippen LogP) is 5.87. The Kier molecular flexibility index (Phi) is 6.96. The van der Waals surface area contributed by atoms with Crippen LogP contribution in [0.4, 0.5) is 4.79 Å². The van der Waals surface area contributed by atoms with Crippen LogP contribution in [0.5, 0.6) is 0 Å². The van der Waals surface area contributed by atoms with E-state index in [1.54, 1.807) is 11.0 Å². The van der Waals surface area contributed by atoms with Crippen molar-refractivity contribution in [2.45, 2.75) is 59.1 Å². The number of piperidine rings is 1. The number of likely N-dealkylation sites (tertiary alicyclic amines) is 1. The van der Waals surface area contributed by atoms with Crippen molar-refractivity contribution in [2.75, 3.05) is 13.1 Å². The quantitative estimate of drug-likeness (QED) is 0.476. The van der Waals surface area contributed by atoms with Crippen LogP contribution in [-0.4, -0.2) is 34.3 Å². The summed E-state index contributed by atoms with van der Waals surface area (Å²) in [6, 6.07) is 9.79. The van der Waals surface area contributed by atoms with Gasteiger partial charge in [-0.25, -0.2) is 4.79 Å². The third-order valence-corrected chi connectivity index (χ3v) is 6.10. The van der Waals surface area contributed by atoms with E-state index in [1.807, 2.05) is 45.9 Å². The van der Waals surface area contributed by atoms with Crippen molar-refractivity contribution >= 4 is 22.9 Å². The maximum Gasteiger partial charge on any atom is 0.410 e. The third kappa shape index (κ3) is 5.79. The summed E-state index contributed by atoms with van der Waals surface area (Å²) >= 11 is 0. The van der Waals surface area contributed by atoms with Crippen LogP contribution in [0.15, 0.2) is 58.0 Å². The van der Waals surface area contributed by atoms with Crippen LogP contribution < -0.4 is 5.43 Å². The van der Waals surface area contributed by atoms with Crippen molar-refractivity contribution in [1.82, 2.24) is 9.47 Å². The van der Waals surface area contributed by atoms with Gasteiger partial charge in [-0.2, -0.15) is 0 Å². The van der Waals surface area contributed by atoms with Gasteiger partial charge in [0.1, 0.15) is 17.1 Å². The van der Waals surface area contributed by atoms with E-state index >= 15 is 0 Å². The number of rotatable bonds is 5. The molecule has 3 heterocycles. The van der Waals surface area contributed by atoms with E-state index in [9.17, 15) is 9.59 Å². The molecule has 1 fully saturated rings. The van der Waals surface area contributed by atoms with E-state index in [1.165, 1.54) is 0 Å². The minimum Gasteiger partial charge on any atom is -0.463 e.